The van der Waals surface area contributed by atoms with Crippen molar-refractivity contribution in [3.05, 3.63) is 66.8 Å². The lowest BCUT2D eigenvalue weighted by Crippen LogP contribution is -2.07. The number of hydrogen-bond donors (Lipinski definition) is 1. The van der Waals surface area contributed by atoms with E-state index in [1.165, 1.54) is 31.8 Å². The van der Waals surface area contributed by atoms with Crippen molar-refractivity contribution in [3.8, 4) is 16.9 Å². The standard InChI is InChI=1S/C24H24N4O2/c29-24(27-20-4-8-22(9-5-20)30-16-17-1-2-17)10-3-18-13-25-12-11-23(18)19-14-26-28(15-19)21-6-7-21/h3-5,8-15,17,21H,1-2,6-7,16H2,(H,27,29)/b10-3+. The number of nitrogens with zero attached hydrogens (tertiary/aromatic N) is 3. The Kier molecular flexibility index (Phi) is 5.05. The van der Waals surface area contributed by atoms with Crippen LogP contribution in [0.15, 0.2) is 61.2 Å². The molecule has 2 fully saturated rings. The summed E-state index contributed by atoms with van der Waals surface area (Å²) < 4.78 is 7.75. The first-order valence-electron chi connectivity index (χ1n) is 10.4. The van der Waals surface area contributed by atoms with Gasteiger partial charge in [0.2, 0.25) is 5.91 Å². The van der Waals surface area contributed by atoms with E-state index in [9.17, 15) is 4.79 Å². The molecular weight excluding hydrogens is 376 g/mol. The summed E-state index contributed by atoms with van der Waals surface area (Å²) >= 11 is 0. The minimum absolute atomic E-state index is 0.190. The molecule has 0 unspecified atom stereocenters. The Morgan fingerprint density at radius 3 is 2.73 bits per heavy atom. The molecule has 0 bridgehead atoms. The summed E-state index contributed by atoms with van der Waals surface area (Å²) in [5.41, 5.74) is 3.66. The average molecular weight is 400 g/mol. The van der Waals surface area contributed by atoms with Crippen LogP contribution in [-0.4, -0.2) is 27.3 Å². The first-order valence-corrected chi connectivity index (χ1v) is 10.4. The number of nitrogens with one attached hydrogen (secondary N) is 1. The zero-order chi connectivity index (χ0) is 20.3. The maximum Gasteiger partial charge on any atom is 0.248 e. The van der Waals surface area contributed by atoms with Gasteiger partial charge in [-0.25, -0.2) is 0 Å². The lowest BCUT2D eigenvalue weighted by atomic mass is 10.0. The van der Waals surface area contributed by atoms with Crippen molar-refractivity contribution >= 4 is 17.7 Å². The molecule has 2 heterocycles. The number of carbonyl (C=O) groups is 1. The Bertz CT molecular complexity index is 1060. The molecule has 2 aromatic heterocycles. The predicted molar refractivity (Wildman–Crippen MR) is 116 cm³/mol. The van der Waals surface area contributed by atoms with E-state index in [1.807, 2.05) is 41.2 Å². The highest BCUT2D eigenvalue weighted by molar-refractivity contribution is 6.02. The number of anilines is 1. The number of benzene rings is 1. The molecule has 2 aliphatic carbocycles. The van der Waals surface area contributed by atoms with Crippen LogP contribution in [0.5, 0.6) is 5.75 Å². The van der Waals surface area contributed by atoms with E-state index in [2.05, 4.69) is 21.6 Å². The molecule has 2 saturated carbocycles. The third-order valence-corrected chi connectivity index (χ3v) is 5.40. The number of carbonyl (C=O) groups excluding carboxylic acids is 1. The fraction of sp³-hybridized carbons (Fsp3) is 0.292. The number of pyridine rings is 1. The van der Waals surface area contributed by atoms with Crippen LogP contribution < -0.4 is 10.1 Å². The van der Waals surface area contributed by atoms with Gasteiger partial charge in [0.05, 0.1) is 18.8 Å². The van der Waals surface area contributed by atoms with Crippen molar-refractivity contribution in [1.29, 1.82) is 0 Å². The zero-order valence-corrected chi connectivity index (χ0v) is 16.7. The molecule has 6 heteroatoms. The number of hydrogen-bond acceptors (Lipinski definition) is 4. The topological polar surface area (TPSA) is 69.0 Å². The van der Waals surface area contributed by atoms with Crippen molar-refractivity contribution in [2.24, 2.45) is 5.92 Å². The molecule has 6 nitrogen and oxygen atoms in total. The van der Waals surface area contributed by atoms with Crippen molar-refractivity contribution in [1.82, 2.24) is 14.8 Å². The lowest BCUT2D eigenvalue weighted by Gasteiger charge is -2.07. The third-order valence-electron chi connectivity index (χ3n) is 5.40. The van der Waals surface area contributed by atoms with Crippen LogP contribution in [0.25, 0.3) is 17.2 Å². The normalized spacial score (nSPS) is 16.0. The summed E-state index contributed by atoms with van der Waals surface area (Å²) in [4.78, 5) is 16.6. The van der Waals surface area contributed by atoms with E-state index in [0.717, 1.165) is 40.7 Å². The van der Waals surface area contributed by atoms with Crippen LogP contribution in [-0.2, 0) is 4.79 Å². The maximum absolute atomic E-state index is 12.4. The SMILES string of the molecule is O=C(/C=C/c1cnccc1-c1cnn(C2CC2)c1)Nc1ccc(OCC2CC2)cc1. The monoisotopic (exact) mass is 400 g/mol. The molecule has 0 spiro atoms. The number of ether oxygens (including phenoxy) is 1. The van der Waals surface area contributed by atoms with Gasteiger partial charge in [-0.05, 0) is 73.6 Å². The molecule has 0 aliphatic heterocycles. The molecule has 152 valence electrons. The van der Waals surface area contributed by atoms with Crippen molar-refractivity contribution in [2.75, 3.05) is 11.9 Å². The molecule has 30 heavy (non-hydrogen) atoms. The fourth-order valence-electron chi connectivity index (χ4n) is 3.30. The second-order valence-electron chi connectivity index (χ2n) is 8.00. The summed E-state index contributed by atoms with van der Waals surface area (Å²) in [5, 5.41) is 7.35. The Morgan fingerprint density at radius 2 is 1.97 bits per heavy atom. The molecule has 1 N–H and O–H groups in total. The molecule has 0 saturated heterocycles. The van der Waals surface area contributed by atoms with Crippen LogP contribution in [0.3, 0.4) is 0 Å². The minimum atomic E-state index is -0.190. The van der Waals surface area contributed by atoms with Crippen molar-refractivity contribution in [2.45, 2.75) is 31.7 Å². The van der Waals surface area contributed by atoms with E-state index in [-0.39, 0.29) is 5.91 Å². The molecule has 3 aromatic rings. The molecule has 0 atom stereocenters. The highest BCUT2D eigenvalue weighted by atomic mass is 16.5. The molecule has 0 radical (unpaired) electrons. The van der Waals surface area contributed by atoms with Gasteiger partial charge >= 0.3 is 0 Å². The number of aromatic nitrogens is 3. The van der Waals surface area contributed by atoms with E-state index in [1.54, 1.807) is 18.5 Å². The van der Waals surface area contributed by atoms with Gasteiger partial charge < -0.3 is 10.1 Å². The molecule has 1 aromatic carbocycles. The van der Waals surface area contributed by atoms with Gasteiger partial charge in [0.1, 0.15) is 5.75 Å². The largest absolute Gasteiger partial charge is 0.493 e. The summed E-state index contributed by atoms with van der Waals surface area (Å²) in [5.74, 6) is 1.36. The Hall–Kier alpha value is -3.41. The van der Waals surface area contributed by atoms with Crippen LogP contribution in [0.2, 0.25) is 0 Å². The van der Waals surface area contributed by atoms with Gasteiger partial charge in [0.25, 0.3) is 0 Å². The van der Waals surface area contributed by atoms with Crippen LogP contribution in [0.1, 0.15) is 37.3 Å². The minimum Gasteiger partial charge on any atom is -0.493 e. The van der Waals surface area contributed by atoms with Crippen molar-refractivity contribution in [3.63, 3.8) is 0 Å². The van der Waals surface area contributed by atoms with Crippen LogP contribution in [0, 0.1) is 5.92 Å². The molecular formula is C24H24N4O2. The lowest BCUT2D eigenvalue weighted by molar-refractivity contribution is -0.111. The number of amides is 1. The average Bonchev–Trinajstić information content (AvgIpc) is 3.71. The summed E-state index contributed by atoms with van der Waals surface area (Å²) in [6.07, 6.45) is 15.7. The maximum atomic E-state index is 12.4. The molecule has 2 aliphatic rings. The van der Waals surface area contributed by atoms with Gasteiger partial charge in [0.15, 0.2) is 0 Å². The molecule has 5 rings (SSSR count). The highest BCUT2D eigenvalue weighted by Gasteiger charge is 2.24. The Labute approximate surface area is 175 Å². The first kappa shape index (κ1) is 18.6. The van der Waals surface area contributed by atoms with Crippen LogP contribution in [0.4, 0.5) is 5.69 Å². The van der Waals surface area contributed by atoms with E-state index in [0.29, 0.717) is 6.04 Å². The third kappa shape index (κ3) is 4.59. The van der Waals surface area contributed by atoms with Crippen molar-refractivity contribution < 1.29 is 9.53 Å². The van der Waals surface area contributed by atoms with Gasteiger partial charge in [-0.1, -0.05) is 0 Å². The highest BCUT2D eigenvalue weighted by Crippen LogP contribution is 2.35. The smallest absolute Gasteiger partial charge is 0.248 e. The van der Waals surface area contributed by atoms with Gasteiger partial charge in [-0.3, -0.25) is 14.5 Å². The van der Waals surface area contributed by atoms with Gasteiger partial charge in [0, 0.05) is 41.5 Å². The second-order valence-corrected chi connectivity index (χ2v) is 8.00. The number of rotatable bonds is 8. The van der Waals surface area contributed by atoms with E-state index < -0.39 is 0 Å². The summed E-state index contributed by atoms with van der Waals surface area (Å²) in [7, 11) is 0. The Morgan fingerprint density at radius 1 is 1.13 bits per heavy atom. The zero-order valence-electron chi connectivity index (χ0n) is 16.7. The predicted octanol–water partition coefficient (Wildman–Crippen LogP) is 4.72. The second kappa shape index (κ2) is 8.14. The summed E-state index contributed by atoms with van der Waals surface area (Å²) in [6, 6.07) is 9.98. The fourth-order valence-corrected chi connectivity index (χ4v) is 3.30. The van der Waals surface area contributed by atoms with Crippen LogP contribution >= 0.6 is 0 Å². The van der Waals surface area contributed by atoms with Gasteiger partial charge in [-0.2, -0.15) is 5.10 Å². The summed E-state index contributed by atoms with van der Waals surface area (Å²) in [6.45, 7) is 0.779. The quantitative estimate of drug-likeness (QED) is 0.556. The molecule has 1 amide bonds. The van der Waals surface area contributed by atoms with Gasteiger partial charge in [-0.15, -0.1) is 0 Å². The first-order chi connectivity index (χ1) is 14.7. The Balaban J connectivity index is 1.23. The van der Waals surface area contributed by atoms with E-state index in [4.69, 9.17) is 4.74 Å². The van der Waals surface area contributed by atoms with E-state index >= 15 is 0 Å².